The first-order valence-corrected chi connectivity index (χ1v) is 10.2. The Balaban J connectivity index is 1.66. The number of nitrogens with one attached hydrogen (secondary N) is 1. The van der Waals surface area contributed by atoms with E-state index in [1.807, 2.05) is 67.6 Å². The van der Waals surface area contributed by atoms with Crippen molar-refractivity contribution in [2.45, 2.75) is 25.8 Å². The van der Waals surface area contributed by atoms with Crippen LogP contribution >= 0.6 is 0 Å². The molecule has 0 bridgehead atoms. The number of anilines is 1. The molecule has 0 aliphatic heterocycles. The summed E-state index contributed by atoms with van der Waals surface area (Å²) >= 11 is 0. The highest BCUT2D eigenvalue weighted by atomic mass is 16.5. The van der Waals surface area contributed by atoms with E-state index in [-0.39, 0.29) is 11.9 Å². The van der Waals surface area contributed by atoms with Gasteiger partial charge in [0, 0.05) is 12.0 Å². The second-order valence-corrected chi connectivity index (χ2v) is 6.92. The van der Waals surface area contributed by atoms with E-state index in [1.165, 1.54) is 5.56 Å². The van der Waals surface area contributed by atoms with Gasteiger partial charge in [0.1, 0.15) is 5.75 Å². The summed E-state index contributed by atoms with van der Waals surface area (Å²) in [5, 5.41) is 5.18. The van der Waals surface area contributed by atoms with Crippen LogP contribution in [0.3, 0.4) is 0 Å². The zero-order chi connectivity index (χ0) is 20.3. The van der Waals surface area contributed by atoms with Gasteiger partial charge in [-0.05, 0) is 31.0 Å². The lowest BCUT2D eigenvalue weighted by Crippen LogP contribution is -2.87. The van der Waals surface area contributed by atoms with E-state index in [4.69, 9.17) is 4.74 Å². The Labute approximate surface area is 172 Å². The predicted octanol–water partition coefficient (Wildman–Crippen LogP) is 3.96. The summed E-state index contributed by atoms with van der Waals surface area (Å²) in [7, 11) is 0. The van der Waals surface area contributed by atoms with Crippen LogP contribution in [-0.2, 0) is 11.2 Å². The van der Waals surface area contributed by atoms with Crippen molar-refractivity contribution in [2.75, 3.05) is 18.5 Å². The minimum absolute atomic E-state index is 0.0388. The summed E-state index contributed by atoms with van der Waals surface area (Å²) in [5.41, 5.74) is 3.03. The van der Waals surface area contributed by atoms with Gasteiger partial charge in [0.25, 0.3) is 5.91 Å². The number of rotatable bonds is 10. The minimum atomic E-state index is -0.304. The molecule has 150 valence electrons. The molecule has 4 heteroatoms. The molecule has 0 aromatic heterocycles. The number of carbonyl (C=O) groups excluding carboxylic acids is 1. The molecule has 29 heavy (non-hydrogen) atoms. The monoisotopic (exact) mass is 389 g/mol. The summed E-state index contributed by atoms with van der Waals surface area (Å²) < 4.78 is 5.65. The number of carbonyl (C=O) groups is 1. The molecule has 0 heterocycles. The van der Waals surface area contributed by atoms with Gasteiger partial charge >= 0.3 is 0 Å². The Morgan fingerprint density at radius 2 is 1.59 bits per heavy atom. The molecule has 0 aliphatic rings. The Kier molecular flexibility index (Phi) is 7.84. The maximum atomic E-state index is 13.1. The lowest BCUT2D eigenvalue weighted by molar-refractivity contribution is -0.682. The Hall–Kier alpha value is -3.11. The van der Waals surface area contributed by atoms with Crippen molar-refractivity contribution in [3.63, 3.8) is 0 Å². The van der Waals surface area contributed by atoms with Crippen LogP contribution in [0.25, 0.3) is 0 Å². The molecule has 0 aliphatic carbocycles. The number of hydrogen-bond donors (Lipinski definition) is 2. The zero-order valence-electron chi connectivity index (χ0n) is 16.9. The number of aryl methyl sites for hydroxylation is 1. The van der Waals surface area contributed by atoms with E-state index in [9.17, 15) is 4.79 Å². The smallest absolute Gasteiger partial charge is 0.287 e. The van der Waals surface area contributed by atoms with Crippen LogP contribution in [0.5, 0.6) is 5.75 Å². The van der Waals surface area contributed by atoms with Crippen LogP contribution in [0.2, 0.25) is 0 Å². The molecule has 0 saturated carbocycles. The van der Waals surface area contributed by atoms with Gasteiger partial charge in [0.2, 0.25) is 0 Å². The van der Waals surface area contributed by atoms with Crippen LogP contribution in [-0.4, -0.2) is 19.1 Å². The number of amides is 1. The average molecular weight is 390 g/mol. The van der Waals surface area contributed by atoms with Crippen LogP contribution in [0.1, 0.15) is 30.5 Å². The van der Waals surface area contributed by atoms with Crippen molar-refractivity contribution < 1.29 is 14.8 Å². The average Bonchev–Trinajstić information content (AvgIpc) is 2.76. The maximum absolute atomic E-state index is 13.1. The van der Waals surface area contributed by atoms with Crippen LogP contribution in [0.15, 0.2) is 84.9 Å². The van der Waals surface area contributed by atoms with Gasteiger partial charge in [0.05, 0.1) is 18.8 Å². The second-order valence-electron chi connectivity index (χ2n) is 6.92. The van der Waals surface area contributed by atoms with Crippen LogP contribution in [0, 0.1) is 0 Å². The van der Waals surface area contributed by atoms with Crippen molar-refractivity contribution >= 4 is 11.6 Å². The highest BCUT2D eigenvalue weighted by Crippen LogP contribution is 2.24. The minimum Gasteiger partial charge on any atom is -0.492 e. The van der Waals surface area contributed by atoms with E-state index >= 15 is 0 Å². The molecule has 0 spiro atoms. The highest BCUT2D eigenvalue weighted by Gasteiger charge is 2.24. The number of quaternary nitrogens is 1. The largest absolute Gasteiger partial charge is 0.492 e. The Morgan fingerprint density at radius 1 is 0.931 bits per heavy atom. The Morgan fingerprint density at radius 3 is 2.31 bits per heavy atom. The van der Waals surface area contributed by atoms with E-state index < -0.39 is 0 Å². The van der Waals surface area contributed by atoms with Crippen molar-refractivity contribution in [3.8, 4) is 5.75 Å². The van der Waals surface area contributed by atoms with Gasteiger partial charge in [0.15, 0.2) is 6.04 Å². The maximum Gasteiger partial charge on any atom is 0.287 e. The molecule has 3 rings (SSSR count). The summed E-state index contributed by atoms with van der Waals surface area (Å²) in [4.78, 5) is 13.1. The summed E-state index contributed by atoms with van der Waals surface area (Å²) in [6.45, 7) is 3.36. The highest BCUT2D eigenvalue weighted by molar-refractivity contribution is 5.95. The first-order valence-electron chi connectivity index (χ1n) is 10.2. The van der Waals surface area contributed by atoms with Crippen molar-refractivity contribution in [3.05, 3.63) is 96.1 Å². The molecule has 0 saturated heterocycles. The molecule has 1 amide bonds. The van der Waals surface area contributed by atoms with Crippen molar-refractivity contribution in [1.82, 2.24) is 0 Å². The van der Waals surface area contributed by atoms with E-state index in [2.05, 4.69) is 34.9 Å². The molecule has 0 unspecified atom stereocenters. The molecule has 1 atom stereocenters. The van der Waals surface area contributed by atoms with Gasteiger partial charge < -0.3 is 15.4 Å². The quantitative estimate of drug-likeness (QED) is 0.516. The van der Waals surface area contributed by atoms with Gasteiger partial charge in [-0.1, -0.05) is 72.8 Å². The zero-order valence-corrected chi connectivity index (χ0v) is 16.9. The molecule has 3 aromatic rings. The number of hydrogen-bond acceptors (Lipinski definition) is 2. The third kappa shape index (κ3) is 6.19. The summed E-state index contributed by atoms with van der Waals surface area (Å²) in [6, 6.07) is 27.6. The fraction of sp³-hybridized carbons (Fsp3) is 0.240. The Bertz CT molecular complexity index is 882. The third-order valence-electron chi connectivity index (χ3n) is 4.80. The standard InChI is InChI=1S/C25H28N2O2/c1-2-29-23-18-10-9-17-22(23)27-25(28)24(21-15-7-4-8-16-21)26-19-11-14-20-12-5-3-6-13-20/h3-10,12-13,15-18,24,26H,2,11,14,19H2,1H3,(H,27,28)/p+1/t24-/m1/s1. The van der Waals surface area contributed by atoms with E-state index in [0.29, 0.717) is 18.0 Å². The lowest BCUT2D eigenvalue weighted by atomic mass is 10.0. The van der Waals surface area contributed by atoms with Crippen molar-refractivity contribution in [1.29, 1.82) is 0 Å². The number of benzene rings is 3. The van der Waals surface area contributed by atoms with E-state index in [1.54, 1.807) is 0 Å². The lowest BCUT2D eigenvalue weighted by Gasteiger charge is -2.17. The van der Waals surface area contributed by atoms with Gasteiger partial charge in [-0.25, -0.2) is 0 Å². The molecule has 3 aromatic carbocycles. The fourth-order valence-electron chi connectivity index (χ4n) is 3.35. The second kappa shape index (κ2) is 11.0. The van der Waals surface area contributed by atoms with Gasteiger partial charge in [-0.2, -0.15) is 0 Å². The van der Waals surface area contributed by atoms with Crippen LogP contribution < -0.4 is 15.4 Å². The number of nitrogens with two attached hydrogens (primary N) is 1. The predicted molar refractivity (Wildman–Crippen MR) is 117 cm³/mol. The van der Waals surface area contributed by atoms with Crippen LogP contribution in [0.4, 0.5) is 5.69 Å². The van der Waals surface area contributed by atoms with Crippen molar-refractivity contribution in [2.24, 2.45) is 0 Å². The molecule has 3 N–H and O–H groups in total. The molecular weight excluding hydrogens is 360 g/mol. The topological polar surface area (TPSA) is 54.9 Å². The SMILES string of the molecule is CCOc1ccccc1NC(=O)[C@H]([NH2+]CCCc1ccccc1)c1ccccc1. The molecule has 4 nitrogen and oxygen atoms in total. The number of para-hydroxylation sites is 2. The third-order valence-corrected chi connectivity index (χ3v) is 4.80. The fourth-order valence-corrected chi connectivity index (χ4v) is 3.35. The molecule has 0 radical (unpaired) electrons. The molecule has 0 fully saturated rings. The first kappa shape index (κ1) is 20.6. The van der Waals surface area contributed by atoms with Gasteiger partial charge in [-0.3, -0.25) is 4.79 Å². The number of ether oxygens (including phenoxy) is 1. The first-order chi connectivity index (χ1) is 14.3. The normalized spacial score (nSPS) is 11.6. The summed E-state index contributed by atoms with van der Waals surface area (Å²) in [5.74, 6) is 0.655. The summed E-state index contributed by atoms with van der Waals surface area (Å²) in [6.07, 6.45) is 2.02. The molecular formula is C25H29N2O2+. The van der Waals surface area contributed by atoms with Gasteiger partial charge in [-0.15, -0.1) is 0 Å². The van der Waals surface area contributed by atoms with E-state index in [0.717, 1.165) is 24.9 Å².